The topological polar surface area (TPSA) is 34.1 Å². The van der Waals surface area contributed by atoms with Crippen LogP contribution in [0.1, 0.15) is 33.6 Å². The van der Waals surface area contributed by atoms with E-state index < -0.39 is 0 Å². The molecule has 1 aromatic heterocycles. The summed E-state index contributed by atoms with van der Waals surface area (Å²) in [5.41, 5.74) is 3.71. The number of hydrogen-bond acceptors (Lipinski definition) is 4. The van der Waals surface area contributed by atoms with Crippen LogP contribution >= 0.6 is 11.3 Å². The number of nitrogens with zero attached hydrogens (tertiary/aromatic N) is 1. The molecule has 0 amide bonds. The molecule has 0 aliphatic rings. The fraction of sp³-hybridized carbons (Fsp3) is 0.471. The van der Waals surface area contributed by atoms with Gasteiger partial charge < -0.3 is 10.1 Å². The van der Waals surface area contributed by atoms with Gasteiger partial charge in [0.25, 0.3) is 0 Å². The van der Waals surface area contributed by atoms with Gasteiger partial charge >= 0.3 is 0 Å². The van der Waals surface area contributed by atoms with Crippen molar-refractivity contribution in [3.63, 3.8) is 0 Å². The van der Waals surface area contributed by atoms with Crippen molar-refractivity contribution >= 4 is 11.3 Å². The Morgan fingerprint density at radius 3 is 2.71 bits per heavy atom. The number of benzene rings is 1. The summed E-state index contributed by atoms with van der Waals surface area (Å²) in [4.78, 5) is 5.96. The molecule has 4 heteroatoms. The quantitative estimate of drug-likeness (QED) is 0.845. The van der Waals surface area contributed by atoms with Gasteiger partial charge in [0, 0.05) is 17.8 Å². The van der Waals surface area contributed by atoms with Crippen LogP contribution in [0.4, 0.5) is 0 Å². The second-order valence-corrected chi connectivity index (χ2v) is 6.41. The molecule has 0 radical (unpaired) electrons. The lowest BCUT2D eigenvalue weighted by Gasteiger charge is -2.07. The van der Waals surface area contributed by atoms with Crippen LogP contribution in [0.25, 0.3) is 0 Å². The highest BCUT2D eigenvalue weighted by Crippen LogP contribution is 2.20. The van der Waals surface area contributed by atoms with Gasteiger partial charge in [0.15, 0.2) is 0 Å². The van der Waals surface area contributed by atoms with Crippen LogP contribution < -0.4 is 10.1 Å². The van der Waals surface area contributed by atoms with E-state index in [1.807, 2.05) is 6.07 Å². The molecule has 21 heavy (non-hydrogen) atoms. The largest absolute Gasteiger partial charge is 0.493 e. The Hall–Kier alpha value is -1.39. The van der Waals surface area contributed by atoms with Crippen molar-refractivity contribution in [1.29, 1.82) is 0 Å². The lowest BCUT2D eigenvalue weighted by atomic mass is 10.1. The highest BCUT2D eigenvalue weighted by atomic mass is 32.1. The van der Waals surface area contributed by atoms with Crippen LogP contribution in [-0.4, -0.2) is 18.1 Å². The maximum absolute atomic E-state index is 5.83. The molecule has 1 aromatic carbocycles. The molecular weight excluding hydrogens is 280 g/mol. The standard InChI is InChI=1S/C17H24N2OS/c1-5-18-11-16-14(4)19-17(21-16)8-9-20-15-7-6-12(2)13(3)10-15/h6-7,10,18H,5,8-9,11H2,1-4H3. The Bertz CT molecular complexity index is 592. The van der Waals surface area contributed by atoms with Crippen LogP contribution in [0.2, 0.25) is 0 Å². The molecule has 0 aliphatic carbocycles. The number of rotatable bonds is 7. The number of ether oxygens (including phenoxy) is 1. The first kappa shape index (κ1) is 16.0. The normalized spacial score (nSPS) is 10.9. The van der Waals surface area contributed by atoms with E-state index in [1.54, 1.807) is 11.3 Å². The fourth-order valence-corrected chi connectivity index (χ4v) is 3.08. The molecule has 0 spiro atoms. The summed E-state index contributed by atoms with van der Waals surface area (Å²) < 4.78 is 5.83. The summed E-state index contributed by atoms with van der Waals surface area (Å²) in [7, 11) is 0. The zero-order valence-electron chi connectivity index (χ0n) is 13.3. The van der Waals surface area contributed by atoms with Gasteiger partial charge in [-0.15, -0.1) is 11.3 Å². The van der Waals surface area contributed by atoms with E-state index in [0.717, 1.165) is 36.0 Å². The Morgan fingerprint density at radius 2 is 2.00 bits per heavy atom. The van der Waals surface area contributed by atoms with Gasteiger partial charge in [0.05, 0.1) is 17.3 Å². The zero-order chi connectivity index (χ0) is 15.2. The van der Waals surface area contributed by atoms with E-state index in [1.165, 1.54) is 16.0 Å². The second kappa shape index (κ2) is 7.57. The SMILES string of the molecule is CCNCc1sc(CCOc2ccc(C)c(C)c2)nc1C. The third-order valence-corrected chi connectivity index (χ3v) is 4.75. The van der Waals surface area contributed by atoms with Crippen molar-refractivity contribution in [3.05, 3.63) is 44.9 Å². The van der Waals surface area contributed by atoms with Crippen molar-refractivity contribution in [2.45, 2.75) is 40.7 Å². The van der Waals surface area contributed by atoms with E-state index in [4.69, 9.17) is 4.74 Å². The van der Waals surface area contributed by atoms with Crippen molar-refractivity contribution in [2.24, 2.45) is 0 Å². The molecule has 0 saturated carbocycles. The highest BCUT2D eigenvalue weighted by molar-refractivity contribution is 7.11. The molecule has 0 aliphatic heterocycles. The van der Waals surface area contributed by atoms with Gasteiger partial charge in [0.2, 0.25) is 0 Å². The average Bonchev–Trinajstić information content (AvgIpc) is 2.81. The molecule has 0 atom stereocenters. The Balaban J connectivity index is 1.86. The molecule has 2 rings (SSSR count). The second-order valence-electron chi connectivity index (χ2n) is 5.24. The molecule has 2 aromatic rings. The van der Waals surface area contributed by atoms with Crippen LogP contribution in [0.5, 0.6) is 5.75 Å². The van der Waals surface area contributed by atoms with Crippen LogP contribution in [0.15, 0.2) is 18.2 Å². The first-order valence-corrected chi connectivity index (χ1v) is 8.27. The first-order valence-electron chi connectivity index (χ1n) is 7.46. The Kier molecular flexibility index (Phi) is 5.76. The average molecular weight is 304 g/mol. The van der Waals surface area contributed by atoms with Gasteiger partial charge in [-0.2, -0.15) is 0 Å². The molecule has 114 valence electrons. The van der Waals surface area contributed by atoms with Gasteiger partial charge in [-0.3, -0.25) is 0 Å². The van der Waals surface area contributed by atoms with E-state index in [0.29, 0.717) is 6.61 Å². The predicted octanol–water partition coefficient (Wildman–Crippen LogP) is 3.80. The summed E-state index contributed by atoms with van der Waals surface area (Å²) in [6.07, 6.45) is 0.866. The van der Waals surface area contributed by atoms with Gasteiger partial charge in [-0.1, -0.05) is 13.0 Å². The van der Waals surface area contributed by atoms with E-state index in [9.17, 15) is 0 Å². The zero-order valence-corrected chi connectivity index (χ0v) is 14.1. The van der Waals surface area contributed by atoms with Crippen molar-refractivity contribution in [3.8, 4) is 5.75 Å². The number of nitrogens with one attached hydrogen (secondary N) is 1. The summed E-state index contributed by atoms with van der Waals surface area (Å²) in [6, 6.07) is 6.23. The van der Waals surface area contributed by atoms with Crippen LogP contribution in [-0.2, 0) is 13.0 Å². The predicted molar refractivity (Wildman–Crippen MR) is 89.3 cm³/mol. The van der Waals surface area contributed by atoms with Crippen molar-refractivity contribution < 1.29 is 4.74 Å². The number of hydrogen-bond donors (Lipinski definition) is 1. The molecule has 0 fully saturated rings. The number of aryl methyl sites for hydroxylation is 3. The molecular formula is C17H24N2OS. The lowest BCUT2D eigenvalue weighted by molar-refractivity contribution is 0.321. The summed E-state index contributed by atoms with van der Waals surface area (Å²) in [5.74, 6) is 0.944. The molecule has 1 heterocycles. The minimum absolute atomic E-state index is 0.677. The molecule has 0 bridgehead atoms. The fourth-order valence-electron chi connectivity index (χ4n) is 2.06. The van der Waals surface area contributed by atoms with E-state index >= 15 is 0 Å². The van der Waals surface area contributed by atoms with Crippen molar-refractivity contribution in [2.75, 3.05) is 13.2 Å². The summed E-state index contributed by atoms with van der Waals surface area (Å²) >= 11 is 1.79. The Morgan fingerprint density at radius 1 is 1.19 bits per heavy atom. The molecule has 0 saturated heterocycles. The molecule has 3 nitrogen and oxygen atoms in total. The maximum atomic E-state index is 5.83. The van der Waals surface area contributed by atoms with Gasteiger partial charge in [-0.05, 0) is 50.6 Å². The summed E-state index contributed by atoms with van der Waals surface area (Å²) in [6.45, 7) is 11.0. The first-order chi connectivity index (χ1) is 10.1. The van der Waals surface area contributed by atoms with Crippen LogP contribution in [0.3, 0.4) is 0 Å². The minimum Gasteiger partial charge on any atom is -0.493 e. The minimum atomic E-state index is 0.677. The van der Waals surface area contributed by atoms with Crippen molar-refractivity contribution in [1.82, 2.24) is 10.3 Å². The molecule has 0 unspecified atom stereocenters. The maximum Gasteiger partial charge on any atom is 0.119 e. The number of aromatic nitrogens is 1. The van der Waals surface area contributed by atoms with Crippen LogP contribution in [0, 0.1) is 20.8 Å². The third kappa shape index (κ3) is 4.55. The highest BCUT2D eigenvalue weighted by Gasteiger charge is 2.07. The third-order valence-electron chi connectivity index (χ3n) is 3.54. The van der Waals surface area contributed by atoms with Gasteiger partial charge in [0.1, 0.15) is 5.75 Å². The number of thiazole rings is 1. The van der Waals surface area contributed by atoms with E-state index in [-0.39, 0.29) is 0 Å². The summed E-state index contributed by atoms with van der Waals surface area (Å²) in [5, 5.41) is 4.51. The van der Waals surface area contributed by atoms with Gasteiger partial charge in [-0.25, -0.2) is 4.98 Å². The molecule has 1 N–H and O–H groups in total. The monoisotopic (exact) mass is 304 g/mol. The van der Waals surface area contributed by atoms with E-state index in [2.05, 4.69) is 50.1 Å². The smallest absolute Gasteiger partial charge is 0.119 e. The lowest BCUT2D eigenvalue weighted by Crippen LogP contribution is -2.11. The Labute approximate surface area is 131 Å².